The van der Waals surface area contributed by atoms with Gasteiger partial charge in [0, 0.05) is 10.6 Å². The molecule has 1 aliphatic carbocycles. The van der Waals surface area contributed by atoms with Gasteiger partial charge in [0.05, 0.1) is 18.7 Å². The third kappa shape index (κ3) is 3.12. The molecule has 0 bridgehead atoms. The highest BCUT2D eigenvalue weighted by Crippen LogP contribution is 2.47. The summed E-state index contributed by atoms with van der Waals surface area (Å²) in [7, 11) is 1.62. The van der Waals surface area contributed by atoms with E-state index in [0.717, 1.165) is 36.0 Å². The predicted octanol–water partition coefficient (Wildman–Crippen LogP) is 4.83. The molecule has 1 atom stereocenters. The lowest BCUT2D eigenvalue weighted by Gasteiger charge is -2.35. The second-order valence-corrected chi connectivity index (χ2v) is 6.99. The fourth-order valence-corrected chi connectivity index (χ4v) is 4.11. The molecule has 1 unspecified atom stereocenters. The van der Waals surface area contributed by atoms with Crippen LogP contribution in [0.3, 0.4) is 0 Å². The summed E-state index contributed by atoms with van der Waals surface area (Å²) in [5, 5.41) is 4.18. The van der Waals surface area contributed by atoms with Crippen molar-refractivity contribution in [2.24, 2.45) is 0 Å². The van der Waals surface area contributed by atoms with E-state index in [2.05, 4.69) is 5.32 Å². The quantitative estimate of drug-likeness (QED) is 0.727. The Hall–Kier alpha value is -1.91. The molecule has 1 aliphatic heterocycles. The lowest BCUT2D eigenvalue weighted by atomic mass is 9.83. The van der Waals surface area contributed by atoms with Gasteiger partial charge < -0.3 is 14.8 Å². The summed E-state index contributed by atoms with van der Waals surface area (Å²) >= 11 is 12.8. The first-order chi connectivity index (χ1) is 12.5. The van der Waals surface area contributed by atoms with Gasteiger partial charge >= 0.3 is 5.97 Å². The largest absolute Gasteiger partial charge is 0.496 e. The minimum absolute atomic E-state index is 0.277. The van der Waals surface area contributed by atoms with Crippen molar-refractivity contribution in [1.29, 1.82) is 0 Å². The lowest BCUT2D eigenvalue weighted by molar-refractivity contribution is -0.147. The second kappa shape index (κ2) is 7.77. The van der Waals surface area contributed by atoms with Crippen molar-refractivity contribution >= 4 is 34.7 Å². The number of methoxy groups -OCH3 is 1. The average Bonchev–Trinajstić information content (AvgIpc) is 3.12. The molecular formula is C20H21Cl2NO3. The number of esters is 1. The van der Waals surface area contributed by atoms with Gasteiger partial charge in [-0.3, -0.25) is 0 Å². The van der Waals surface area contributed by atoms with Crippen LogP contribution >= 0.6 is 23.2 Å². The Morgan fingerprint density at radius 1 is 1.31 bits per heavy atom. The normalized spacial score (nSPS) is 22.1. The Morgan fingerprint density at radius 3 is 2.81 bits per heavy atom. The molecule has 2 aliphatic rings. The van der Waals surface area contributed by atoms with Crippen LogP contribution in [0.4, 0.5) is 0 Å². The van der Waals surface area contributed by atoms with E-state index in [0.29, 0.717) is 15.8 Å². The Bertz CT molecular complexity index is 813. The van der Waals surface area contributed by atoms with E-state index in [1.54, 1.807) is 38.5 Å². The zero-order chi connectivity index (χ0) is 18.7. The summed E-state index contributed by atoms with van der Waals surface area (Å²) < 4.78 is 10.9. The number of carbonyl (C=O) groups excluding carboxylic acids is 1. The number of nitrogens with one attached hydrogen (secondary N) is 1. The number of dihydropyridines is 1. The topological polar surface area (TPSA) is 47.6 Å². The van der Waals surface area contributed by atoms with Crippen LogP contribution in [0.1, 0.15) is 31.7 Å². The summed E-state index contributed by atoms with van der Waals surface area (Å²) in [6.45, 7) is 2.06. The molecular weight excluding hydrogens is 373 g/mol. The van der Waals surface area contributed by atoms with Crippen LogP contribution in [0, 0.1) is 0 Å². The summed E-state index contributed by atoms with van der Waals surface area (Å²) in [6, 6.07) is 5.49. The Morgan fingerprint density at radius 2 is 2.12 bits per heavy atom. The zero-order valence-electron chi connectivity index (χ0n) is 14.8. The van der Waals surface area contributed by atoms with E-state index in [4.69, 9.17) is 32.7 Å². The van der Waals surface area contributed by atoms with Gasteiger partial charge in [-0.15, -0.1) is 0 Å². The molecule has 0 saturated heterocycles. The Kier molecular flexibility index (Phi) is 5.64. The van der Waals surface area contributed by atoms with Crippen molar-refractivity contribution in [3.05, 3.63) is 57.7 Å². The number of benzene rings is 1. The maximum atomic E-state index is 13.0. The lowest BCUT2D eigenvalue weighted by Crippen LogP contribution is -2.53. The SMILES string of the molecule is CCOC(=O)C1(C2=C(c3cc(Cl)ccc3OC)CCC2)NC=CC=C1Cl. The molecule has 0 fully saturated rings. The number of allylic oxidation sites excluding steroid dienone is 3. The standard InChI is InChI=1S/C20H21Cl2NO3/c1-3-26-19(24)20(18(22)8-5-11-23-20)16-7-4-6-14(16)15-12-13(21)9-10-17(15)25-2/h5,8-12,23H,3-4,6-7H2,1-2H3. The van der Waals surface area contributed by atoms with Crippen LogP contribution < -0.4 is 10.1 Å². The highest BCUT2D eigenvalue weighted by Gasteiger charge is 2.49. The van der Waals surface area contributed by atoms with E-state index < -0.39 is 11.5 Å². The van der Waals surface area contributed by atoms with Gasteiger partial charge in [-0.25, -0.2) is 4.79 Å². The van der Waals surface area contributed by atoms with Crippen molar-refractivity contribution in [3.63, 3.8) is 0 Å². The van der Waals surface area contributed by atoms with E-state index in [9.17, 15) is 4.79 Å². The van der Waals surface area contributed by atoms with Gasteiger partial charge in [0.1, 0.15) is 5.75 Å². The first kappa shape index (κ1) is 18.9. The first-order valence-electron chi connectivity index (χ1n) is 8.58. The third-order valence-corrected chi connectivity index (χ3v) is 5.38. The highest BCUT2D eigenvalue weighted by atomic mass is 35.5. The minimum atomic E-state index is -1.20. The first-order valence-corrected chi connectivity index (χ1v) is 9.34. The monoisotopic (exact) mass is 393 g/mol. The third-order valence-electron chi connectivity index (χ3n) is 4.74. The van der Waals surface area contributed by atoms with E-state index in [1.165, 1.54) is 0 Å². The van der Waals surface area contributed by atoms with Crippen LogP contribution in [0.15, 0.2) is 47.2 Å². The number of carbonyl (C=O) groups is 1. The van der Waals surface area contributed by atoms with E-state index >= 15 is 0 Å². The summed E-state index contributed by atoms with van der Waals surface area (Å²) in [5.74, 6) is 0.315. The fourth-order valence-electron chi connectivity index (χ4n) is 3.62. The molecule has 3 rings (SSSR count). The number of halogens is 2. The van der Waals surface area contributed by atoms with Crippen LogP contribution in [0.2, 0.25) is 5.02 Å². The molecule has 1 aromatic carbocycles. The fraction of sp³-hybridized carbons (Fsp3) is 0.350. The molecule has 0 radical (unpaired) electrons. The number of rotatable bonds is 5. The van der Waals surface area contributed by atoms with Gasteiger partial charge in [0.15, 0.2) is 5.54 Å². The van der Waals surface area contributed by atoms with Crippen LogP contribution in [0.5, 0.6) is 5.75 Å². The van der Waals surface area contributed by atoms with Gasteiger partial charge in [-0.05, 0) is 73.9 Å². The predicted molar refractivity (Wildman–Crippen MR) is 104 cm³/mol. The van der Waals surface area contributed by atoms with Crippen molar-refractivity contribution in [2.75, 3.05) is 13.7 Å². The maximum absolute atomic E-state index is 13.0. The van der Waals surface area contributed by atoms with Gasteiger partial charge in [-0.1, -0.05) is 23.2 Å². The Balaban J connectivity index is 2.22. The zero-order valence-corrected chi connectivity index (χ0v) is 16.3. The molecule has 26 heavy (non-hydrogen) atoms. The summed E-state index contributed by atoms with van der Waals surface area (Å²) in [6.07, 6.45) is 7.68. The molecule has 138 valence electrons. The average molecular weight is 394 g/mol. The number of ether oxygens (including phenoxy) is 2. The van der Waals surface area contributed by atoms with Crippen LogP contribution in [-0.4, -0.2) is 25.2 Å². The minimum Gasteiger partial charge on any atom is -0.496 e. The van der Waals surface area contributed by atoms with Crippen LogP contribution in [-0.2, 0) is 9.53 Å². The molecule has 0 spiro atoms. The van der Waals surface area contributed by atoms with Gasteiger partial charge in [-0.2, -0.15) is 0 Å². The second-order valence-electron chi connectivity index (χ2n) is 6.14. The smallest absolute Gasteiger partial charge is 0.341 e. The number of hydrogen-bond donors (Lipinski definition) is 1. The molecule has 6 heteroatoms. The van der Waals surface area contributed by atoms with E-state index in [-0.39, 0.29) is 6.61 Å². The number of hydrogen-bond acceptors (Lipinski definition) is 4. The Labute approximate surface area is 163 Å². The van der Waals surface area contributed by atoms with Crippen molar-refractivity contribution in [3.8, 4) is 5.75 Å². The molecule has 1 N–H and O–H groups in total. The molecule has 0 amide bonds. The summed E-state index contributed by atoms with van der Waals surface area (Å²) in [4.78, 5) is 13.0. The highest BCUT2D eigenvalue weighted by molar-refractivity contribution is 6.34. The van der Waals surface area contributed by atoms with Gasteiger partial charge in [0.25, 0.3) is 0 Å². The van der Waals surface area contributed by atoms with Crippen LogP contribution in [0.25, 0.3) is 5.57 Å². The molecule has 1 heterocycles. The van der Waals surface area contributed by atoms with Crippen molar-refractivity contribution < 1.29 is 14.3 Å². The van der Waals surface area contributed by atoms with E-state index in [1.807, 2.05) is 12.1 Å². The van der Waals surface area contributed by atoms with Crippen molar-refractivity contribution in [1.82, 2.24) is 5.32 Å². The van der Waals surface area contributed by atoms with Gasteiger partial charge in [0.2, 0.25) is 0 Å². The van der Waals surface area contributed by atoms with Crippen molar-refractivity contribution in [2.45, 2.75) is 31.7 Å². The molecule has 0 saturated carbocycles. The molecule has 1 aromatic rings. The molecule has 0 aromatic heterocycles. The maximum Gasteiger partial charge on any atom is 0.341 e. The molecule has 4 nitrogen and oxygen atoms in total. The summed E-state index contributed by atoms with van der Waals surface area (Å²) in [5.41, 5.74) is 1.61.